The van der Waals surface area contributed by atoms with Crippen molar-refractivity contribution in [2.45, 2.75) is 6.92 Å². The number of carboxylic acids is 2. The average Bonchev–Trinajstić information content (AvgIpc) is 2.07. The molecule has 0 aliphatic rings. The molecule has 0 spiro atoms. The van der Waals surface area contributed by atoms with Crippen molar-refractivity contribution in [3.8, 4) is 0 Å². The number of hydrogen-bond donors (Lipinski definition) is 3. The van der Waals surface area contributed by atoms with Crippen molar-refractivity contribution in [1.82, 2.24) is 0 Å². The van der Waals surface area contributed by atoms with Crippen molar-refractivity contribution < 1.29 is 128 Å². The first-order valence-corrected chi connectivity index (χ1v) is 3.36. The minimum absolute atomic E-state index is 0. The molecule has 0 aromatic heterocycles. The Hall–Kier alpha value is 2.09. The molecule has 0 heterocycles. The molecule has 0 fully saturated rings. The predicted octanol–water partition coefficient (Wildman–Crippen LogP) is -10.6. The van der Waals surface area contributed by atoms with Gasteiger partial charge in [0.15, 0.2) is 0 Å². The van der Waals surface area contributed by atoms with Crippen molar-refractivity contribution in [3.05, 3.63) is 0 Å². The number of aliphatic hydroxyl groups is 1. The maximum Gasteiger partial charge on any atom is 1.00 e. The Morgan fingerprint density at radius 1 is 1.07 bits per heavy atom. The molecule has 0 aromatic rings. The van der Waals surface area contributed by atoms with E-state index < -0.39 is 11.9 Å². The van der Waals surface area contributed by atoms with Crippen LogP contribution in [0.3, 0.4) is 0 Å². The van der Waals surface area contributed by atoms with E-state index >= 15 is 0 Å². The molecule has 0 aliphatic carbocycles. The molecule has 0 aliphatic heterocycles. The fraction of sp³-hybridized carbons (Fsp3) is 0.667. The second-order valence-electron chi connectivity index (χ2n) is 1.47. The number of rotatable bonds is 2. The summed E-state index contributed by atoms with van der Waals surface area (Å²) in [5.74, 6) is -2.44. The molecule has 80 valence electrons. The molecule has 5 N–H and O–H groups in total. The third-order valence-electron chi connectivity index (χ3n) is 0.333. The summed E-state index contributed by atoms with van der Waals surface area (Å²) in [5, 5.41) is 25.8. The summed E-state index contributed by atoms with van der Waals surface area (Å²) in [4.78, 5) is 18.3. The zero-order valence-electron chi connectivity index (χ0n) is 9.36. The van der Waals surface area contributed by atoms with Crippen molar-refractivity contribution in [1.29, 1.82) is 0 Å². The standard InChI is InChI=1S/2C2H5NO2.C2H6O.2K/c2*3-1-2(4)5;1-2-3;;/h2*1,3H2,(H,4,5);3H,2H2,1H3;;/q;;;2*+1/p-2. The van der Waals surface area contributed by atoms with Crippen molar-refractivity contribution >= 4 is 11.9 Å². The molecule has 0 unspecified atom stereocenters. The monoisotopic (exact) mass is 272 g/mol. The minimum Gasteiger partial charge on any atom is -0.549 e. The van der Waals surface area contributed by atoms with Gasteiger partial charge in [0, 0.05) is 19.7 Å². The van der Waals surface area contributed by atoms with Gasteiger partial charge in [-0.15, -0.1) is 0 Å². The summed E-state index contributed by atoms with van der Waals surface area (Å²) in [7, 11) is 0. The Kier molecular flexibility index (Phi) is 60.1. The third kappa shape index (κ3) is 86.1. The van der Waals surface area contributed by atoms with Gasteiger partial charge in [0.05, 0.1) is 11.9 Å². The van der Waals surface area contributed by atoms with Crippen LogP contribution in [0.1, 0.15) is 6.92 Å². The van der Waals surface area contributed by atoms with Crippen molar-refractivity contribution in [2.24, 2.45) is 11.5 Å². The number of carbonyl (C=O) groups is 2. The fourth-order valence-corrected chi connectivity index (χ4v) is 0. The number of carboxylic acid groups (broad SMARTS) is 2. The molecular weight excluding hydrogens is 258 g/mol. The molecule has 0 amide bonds. The molecule has 0 bridgehead atoms. The van der Waals surface area contributed by atoms with Gasteiger partial charge in [-0.05, 0) is 6.92 Å². The molecule has 9 heteroatoms. The molecule has 0 saturated heterocycles. The third-order valence-corrected chi connectivity index (χ3v) is 0.333. The first kappa shape index (κ1) is 30.3. The smallest absolute Gasteiger partial charge is 0.549 e. The zero-order chi connectivity index (χ0) is 11.3. The molecule has 0 atom stereocenters. The Morgan fingerprint density at radius 2 is 1.13 bits per heavy atom. The molecule has 0 radical (unpaired) electrons. The Bertz CT molecular complexity index is 123. The van der Waals surface area contributed by atoms with Crippen LogP contribution in [0.15, 0.2) is 0 Å². The van der Waals surface area contributed by atoms with Crippen molar-refractivity contribution in [3.63, 3.8) is 0 Å². The number of nitrogens with two attached hydrogens (primary N) is 2. The van der Waals surface area contributed by atoms with Gasteiger partial charge >= 0.3 is 103 Å². The average molecular weight is 272 g/mol. The summed E-state index contributed by atoms with van der Waals surface area (Å²) >= 11 is 0. The number of carbonyl (C=O) groups excluding carboxylic acids is 2. The molecule has 7 nitrogen and oxygen atoms in total. The van der Waals surface area contributed by atoms with E-state index in [1.54, 1.807) is 6.92 Å². The van der Waals surface area contributed by atoms with Gasteiger partial charge in [-0.25, -0.2) is 0 Å². The van der Waals surface area contributed by atoms with Gasteiger partial charge in [-0.1, -0.05) is 0 Å². The normalized spacial score (nSPS) is 6.13. The van der Waals surface area contributed by atoms with Crippen LogP contribution in [0.4, 0.5) is 0 Å². The molecule has 0 rings (SSSR count). The van der Waals surface area contributed by atoms with Gasteiger partial charge in [0.2, 0.25) is 0 Å². The van der Waals surface area contributed by atoms with E-state index in [4.69, 9.17) is 24.9 Å². The molecule has 15 heavy (non-hydrogen) atoms. The van der Waals surface area contributed by atoms with Crippen LogP contribution < -0.4 is 124 Å². The predicted molar refractivity (Wildman–Crippen MR) is 40.9 cm³/mol. The van der Waals surface area contributed by atoms with Gasteiger partial charge < -0.3 is 36.4 Å². The first-order valence-electron chi connectivity index (χ1n) is 3.36. The SMILES string of the molecule is CCO.NCC(=O)[O-].NCC(=O)[O-].[K+].[K+]. The number of hydrogen-bond acceptors (Lipinski definition) is 7. The number of aliphatic carboxylic acids is 2. The van der Waals surface area contributed by atoms with Crippen LogP contribution in [-0.4, -0.2) is 36.7 Å². The van der Waals surface area contributed by atoms with E-state index in [1.165, 1.54) is 0 Å². The Morgan fingerprint density at radius 3 is 1.13 bits per heavy atom. The summed E-state index contributed by atoms with van der Waals surface area (Å²) < 4.78 is 0. The van der Waals surface area contributed by atoms with Gasteiger partial charge in [-0.2, -0.15) is 0 Å². The Balaban J connectivity index is -0.0000000322. The first-order chi connectivity index (χ1) is 5.95. The zero-order valence-corrected chi connectivity index (χ0v) is 15.6. The second kappa shape index (κ2) is 29.8. The summed E-state index contributed by atoms with van der Waals surface area (Å²) in [6, 6.07) is 0. The summed E-state index contributed by atoms with van der Waals surface area (Å²) in [6.45, 7) is 1.15. The van der Waals surface area contributed by atoms with Crippen LogP contribution in [0.2, 0.25) is 0 Å². The van der Waals surface area contributed by atoms with Crippen LogP contribution in [-0.2, 0) is 9.59 Å². The largest absolute Gasteiger partial charge is 1.00 e. The second-order valence-corrected chi connectivity index (χ2v) is 1.47. The van der Waals surface area contributed by atoms with Crippen LogP contribution in [0, 0.1) is 0 Å². The van der Waals surface area contributed by atoms with Crippen LogP contribution in [0.25, 0.3) is 0 Å². The van der Waals surface area contributed by atoms with Gasteiger partial charge in [0.25, 0.3) is 0 Å². The number of aliphatic hydroxyl groups excluding tert-OH is 1. The van der Waals surface area contributed by atoms with E-state index in [-0.39, 0.29) is 122 Å². The van der Waals surface area contributed by atoms with Gasteiger partial charge in [0.1, 0.15) is 0 Å². The van der Waals surface area contributed by atoms with Crippen LogP contribution in [0.5, 0.6) is 0 Å². The topological polar surface area (TPSA) is 153 Å². The van der Waals surface area contributed by atoms with E-state index in [0.29, 0.717) is 0 Å². The molecule has 0 aromatic carbocycles. The van der Waals surface area contributed by atoms with E-state index in [0.717, 1.165) is 0 Å². The molecule has 0 saturated carbocycles. The van der Waals surface area contributed by atoms with E-state index in [9.17, 15) is 0 Å². The fourth-order valence-electron chi connectivity index (χ4n) is 0. The van der Waals surface area contributed by atoms with E-state index in [1.807, 2.05) is 0 Å². The summed E-state index contributed by atoms with van der Waals surface area (Å²) in [6.07, 6.45) is 0. The maximum absolute atomic E-state index is 9.13. The summed E-state index contributed by atoms with van der Waals surface area (Å²) in [5.41, 5.74) is 9.02. The molecular formula is C6H14K2N2O5. The van der Waals surface area contributed by atoms with Crippen molar-refractivity contribution in [2.75, 3.05) is 19.7 Å². The quantitative estimate of drug-likeness (QED) is 0.422. The van der Waals surface area contributed by atoms with Gasteiger partial charge in [-0.3, -0.25) is 0 Å². The van der Waals surface area contributed by atoms with E-state index in [2.05, 4.69) is 11.5 Å². The Labute approximate surface area is 174 Å². The van der Waals surface area contributed by atoms with Crippen LogP contribution >= 0.6 is 0 Å². The minimum atomic E-state index is -1.22. The maximum atomic E-state index is 9.13.